The Bertz CT molecular complexity index is 198. The van der Waals surface area contributed by atoms with Gasteiger partial charge in [-0.15, -0.1) is 0 Å². The van der Waals surface area contributed by atoms with Gasteiger partial charge in [0.05, 0.1) is 6.61 Å². The van der Waals surface area contributed by atoms with E-state index >= 15 is 0 Å². The third kappa shape index (κ3) is 3.97. The molecule has 3 heteroatoms. The van der Waals surface area contributed by atoms with Crippen LogP contribution in [0.5, 0.6) is 5.75 Å². The first-order valence-electron chi connectivity index (χ1n) is 3.23. The van der Waals surface area contributed by atoms with Gasteiger partial charge in [0.15, 0.2) is 0 Å². The number of hydrogen-bond donors (Lipinski definition) is 0. The molecule has 0 aliphatic rings. The first kappa shape index (κ1) is 11.2. The average molecular weight is 176 g/mol. The summed E-state index contributed by atoms with van der Waals surface area (Å²) in [7, 11) is 0. The predicted octanol–water partition coefficient (Wildman–Crippen LogP) is -1.00. The third-order valence-corrected chi connectivity index (χ3v) is 1.41. The fourth-order valence-electron chi connectivity index (χ4n) is 0.703. The van der Waals surface area contributed by atoms with Crippen LogP contribution in [0.2, 0.25) is 0 Å². The van der Waals surface area contributed by atoms with Crippen LogP contribution in [-0.4, -0.2) is 6.61 Å². The maximum Gasteiger partial charge on any atom is 1.00 e. The van der Waals surface area contributed by atoms with E-state index in [1.54, 1.807) is 0 Å². The second kappa shape index (κ2) is 5.84. The fourth-order valence-corrected chi connectivity index (χ4v) is 0.839. The van der Waals surface area contributed by atoms with E-state index in [2.05, 4.69) is 0 Å². The van der Waals surface area contributed by atoms with E-state index in [-0.39, 0.29) is 29.6 Å². The standard InChI is InChI=1S/C8H10OS.Na/c1-2-9-7-3-5-8(10)6-4-7;/h3-6,10H,2H2,1H3;/q;+1/p-1. The molecule has 0 saturated carbocycles. The minimum Gasteiger partial charge on any atom is -0.780 e. The molecule has 54 valence electrons. The minimum absolute atomic E-state index is 0. The SMILES string of the molecule is CCOc1ccc([S-])cc1.[Na+]. The molecule has 0 aromatic heterocycles. The van der Waals surface area contributed by atoms with Gasteiger partial charge in [-0.25, -0.2) is 0 Å². The van der Waals surface area contributed by atoms with E-state index in [9.17, 15) is 0 Å². The Morgan fingerprint density at radius 3 is 2.27 bits per heavy atom. The molecule has 11 heavy (non-hydrogen) atoms. The third-order valence-electron chi connectivity index (χ3n) is 1.13. The first-order chi connectivity index (χ1) is 4.83. The smallest absolute Gasteiger partial charge is 0.780 e. The Labute approximate surface area is 94.8 Å². The molecule has 1 nitrogen and oxygen atoms in total. The largest absolute Gasteiger partial charge is 1.00 e. The zero-order valence-electron chi connectivity index (χ0n) is 6.83. The summed E-state index contributed by atoms with van der Waals surface area (Å²) in [6.07, 6.45) is 0. The van der Waals surface area contributed by atoms with Crippen LogP contribution >= 0.6 is 0 Å². The molecule has 0 bridgehead atoms. The summed E-state index contributed by atoms with van der Waals surface area (Å²) in [5.74, 6) is 0.885. The topological polar surface area (TPSA) is 9.23 Å². The maximum atomic E-state index is 5.21. The number of rotatable bonds is 2. The van der Waals surface area contributed by atoms with Gasteiger partial charge in [-0.3, -0.25) is 0 Å². The molecule has 0 radical (unpaired) electrons. The minimum atomic E-state index is 0. The Morgan fingerprint density at radius 2 is 1.82 bits per heavy atom. The predicted molar refractivity (Wildman–Crippen MR) is 43.2 cm³/mol. The average Bonchev–Trinajstić information content (AvgIpc) is 1.95. The van der Waals surface area contributed by atoms with E-state index in [1.807, 2.05) is 31.2 Å². The zero-order chi connectivity index (χ0) is 7.40. The van der Waals surface area contributed by atoms with Gasteiger partial charge in [-0.2, -0.15) is 4.90 Å². The molecular weight excluding hydrogens is 167 g/mol. The van der Waals surface area contributed by atoms with E-state index in [4.69, 9.17) is 17.4 Å². The van der Waals surface area contributed by atoms with Crippen molar-refractivity contribution in [1.82, 2.24) is 0 Å². The molecule has 0 N–H and O–H groups in total. The van der Waals surface area contributed by atoms with Crippen molar-refractivity contribution in [3.8, 4) is 5.75 Å². The molecule has 0 fully saturated rings. The van der Waals surface area contributed by atoms with Crippen molar-refractivity contribution in [2.75, 3.05) is 6.61 Å². The summed E-state index contributed by atoms with van der Waals surface area (Å²) in [4.78, 5) is 0.850. The van der Waals surface area contributed by atoms with Crippen molar-refractivity contribution in [3.05, 3.63) is 24.3 Å². The van der Waals surface area contributed by atoms with Crippen LogP contribution in [0.25, 0.3) is 0 Å². The second-order valence-electron chi connectivity index (χ2n) is 1.90. The quantitative estimate of drug-likeness (QED) is 0.422. The van der Waals surface area contributed by atoms with Crippen molar-refractivity contribution in [2.24, 2.45) is 0 Å². The van der Waals surface area contributed by atoms with Crippen LogP contribution < -0.4 is 34.3 Å². The maximum absolute atomic E-state index is 5.21. The summed E-state index contributed by atoms with van der Waals surface area (Å²) in [6, 6.07) is 7.48. The van der Waals surface area contributed by atoms with Crippen molar-refractivity contribution in [2.45, 2.75) is 11.8 Å². The molecule has 0 heterocycles. The van der Waals surface area contributed by atoms with Gasteiger partial charge in [0.1, 0.15) is 5.75 Å². The van der Waals surface area contributed by atoms with E-state index in [0.29, 0.717) is 6.61 Å². The van der Waals surface area contributed by atoms with Gasteiger partial charge in [-0.05, 0) is 19.1 Å². The Morgan fingerprint density at radius 1 is 1.27 bits per heavy atom. The molecular formula is C8H9NaOS. The molecule has 1 rings (SSSR count). The van der Waals surface area contributed by atoms with Gasteiger partial charge >= 0.3 is 29.6 Å². The molecule has 0 amide bonds. The first-order valence-corrected chi connectivity index (χ1v) is 3.63. The number of hydrogen-bond acceptors (Lipinski definition) is 2. The molecule has 0 atom stereocenters. The van der Waals surface area contributed by atoms with Crippen molar-refractivity contribution < 1.29 is 34.3 Å². The molecule has 0 aliphatic carbocycles. The van der Waals surface area contributed by atoms with E-state index in [0.717, 1.165) is 10.6 Å². The van der Waals surface area contributed by atoms with Crippen molar-refractivity contribution >= 4 is 12.6 Å². The number of benzene rings is 1. The molecule has 0 saturated heterocycles. The van der Waals surface area contributed by atoms with Crippen molar-refractivity contribution in [3.63, 3.8) is 0 Å². The Hall–Kier alpha value is 0.240. The van der Waals surface area contributed by atoms with Gasteiger partial charge in [0.25, 0.3) is 0 Å². The molecule has 0 unspecified atom stereocenters. The summed E-state index contributed by atoms with van der Waals surface area (Å²) in [6.45, 7) is 2.67. The van der Waals surface area contributed by atoms with Gasteiger partial charge in [0, 0.05) is 0 Å². The normalized spacial score (nSPS) is 8.45. The summed E-state index contributed by atoms with van der Waals surface area (Å²) in [5.41, 5.74) is 0. The van der Waals surface area contributed by atoms with Crippen LogP contribution in [-0.2, 0) is 12.6 Å². The molecule has 1 aromatic carbocycles. The summed E-state index contributed by atoms with van der Waals surface area (Å²) < 4.78 is 5.21. The summed E-state index contributed by atoms with van der Waals surface area (Å²) in [5, 5.41) is 0. The van der Waals surface area contributed by atoms with Crippen LogP contribution in [0.1, 0.15) is 6.92 Å². The monoisotopic (exact) mass is 176 g/mol. The molecule has 1 aromatic rings. The second-order valence-corrected chi connectivity index (χ2v) is 2.38. The van der Waals surface area contributed by atoms with Crippen molar-refractivity contribution in [1.29, 1.82) is 0 Å². The Kier molecular flexibility index (Phi) is 5.96. The zero-order valence-corrected chi connectivity index (χ0v) is 9.65. The fraction of sp³-hybridized carbons (Fsp3) is 0.250. The van der Waals surface area contributed by atoms with Crippen LogP contribution in [0.4, 0.5) is 0 Å². The molecule has 0 spiro atoms. The van der Waals surface area contributed by atoms with Gasteiger partial charge < -0.3 is 17.4 Å². The van der Waals surface area contributed by atoms with Crippen LogP contribution in [0, 0.1) is 0 Å². The van der Waals surface area contributed by atoms with Gasteiger partial charge in [0.2, 0.25) is 0 Å². The Balaban J connectivity index is 0.000001000. The van der Waals surface area contributed by atoms with Crippen LogP contribution in [0.3, 0.4) is 0 Å². The van der Waals surface area contributed by atoms with E-state index in [1.165, 1.54) is 0 Å². The summed E-state index contributed by atoms with van der Waals surface area (Å²) >= 11 is 4.90. The van der Waals surface area contributed by atoms with Crippen LogP contribution in [0.15, 0.2) is 29.2 Å². The van der Waals surface area contributed by atoms with E-state index < -0.39 is 0 Å². The molecule has 0 aliphatic heterocycles. The van der Waals surface area contributed by atoms with Gasteiger partial charge in [-0.1, -0.05) is 12.1 Å². The number of ether oxygens (including phenoxy) is 1.